The van der Waals surface area contributed by atoms with E-state index in [1.54, 1.807) is 6.92 Å². The van der Waals surface area contributed by atoms with Gasteiger partial charge in [-0.25, -0.2) is 4.68 Å². The molecule has 0 aliphatic heterocycles. The Bertz CT molecular complexity index is 323. The van der Waals surface area contributed by atoms with Gasteiger partial charge in [-0.05, 0) is 6.92 Å². The molecule has 5 nitrogen and oxygen atoms in total. The van der Waals surface area contributed by atoms with Crippen LogP contribution >= 0.6 is 0 Å². The number of hydrogen-bond donors (Lipinski definition) is 2. The predicted octanol–water partition coefficient (Wildman–Crippen LogP) is -1.03. The zero-order valence-electron chi connectivity index (χ0n) is 6.13. The lowest BCUT2D eigenvalue weighted by Crippen LogP contribution is -2.26. The van der Waals surface area contributed by atoms with E-state index in [-0.39, 0.29) is 12.1 Å². The summed E-state index contributed by atoms with van der Waals surface area (Å²) >= 11 is 0. The third-order valence-electron chi connectivity index (χ3n) is 1.23. The molecule has 0 bridgehead atoms. The average Bonchev–Trinajstić information content (AvgIpc) is 2.09. The van der Waals surface area contributed by atoms with Crippen molar-refractivity contribution < 1.29 is 4.79 Å². The maximum Gasteiger partial charge on any atom is 0.267 e. The van der Waals surface area contributed by atoms with E-state index in [9.17, 15) is 9.59 Å². The second-order valence-electron chi connectivity index (χ2n) is 2.33. The molecule has 1 aromatic rings. The van der Waals surface area contributed by atoms with E-state index < -0.39 is 5.91 Å². The molecule has 0 aromatic carbocycles. The van der Waals surface area contributed by atoms with Gasteiger partial charge in [-0.1, -0.05) is 0 Å². The van der Waals surface area contributed by atoms with Crippen molar-refractivity contribution in [3.8, 4) is 0 Å². The molecule has 1 rings (SSSR count). The highest BCUT2D eigenvalue weighted by Gasteiger charge is 2.01. The topological polar surface area (TPSA) is 80.9 Å². The molecule has 0 atom stereocenters. The van der Waals surface area contributed by atoms with E-state index in [2.05, 4.69) is 5.10 Å². The molecule has 1 aromatic heterocycles. The van der Waals surface area contributed by atoms with Crippen LogP contribution in [0.25, 0.3) is 0 Å². The number of nitrogens with one attached hydrogen (secondary N) is 1. The van der Waals surface area contributed by atoms with E-state index in [4.69, 9.17) is 5.73 Å². The molecule has 0 saturated carbocycles. The second-order valence-corrected chi connectivity index (χ2v) is 2.33. The van der Waals surface area contributed by atoms with Gasteiger partial charge in [0.05, 0.1) is 0 Å². The highest BCUT2D eigenvalue weighted by atomic mass is 16.2. The van der Waals surface area contributed by atoms with Gasteiger partial charge < -0.3 is 5.73 Å². The fourth-order valence-electron chi connectivity index (χ4n) is 0.837. The number of aromatic amines is 1. The van der Waals surface area contributed by atoms with Crippen LogP contribution in [-0.4, -0.2) is 15.7 Å². The number of nitrogens with two attached hydrogens (primary N) is 1. The Morgan fingerprint density at radius 1 is 1.82 bits per heavy atom. The highest BCUT2D eigenvalue weighted by Crippen LogP contribution is 1.84. The van der Waals surface area contributed by atoms with Crippen LogP contribution in [0.5, 0.6) is 0 Å². The van der Waals surface area contributed by atoms with Crippen molar-refractivity contribution in [1.29, 1.82) is 0 Å². The Morgan fingerprint density at radius 2 is 2.45 bits per heavy atom. The molecule has 0 unspecified atom stereocenters. The lowest BCUT2D eigenvalue weighted by atomic mass is 10.5. The molecule has 0 spiro atoms. The van der Waals surface area contributed by atoms with E-state index in [0.717, 1.165) is 10.4 Å². The molecule has 0 fully saturated rings. The van der Waals surface area contributed by atoms with Crippen LogP contribution in [0.1, 0.15) is 5.69 Å². The van der Waals surface area contributed by atoms with E-state index in [1.807, 2.05) is 0 Å². The largest absolute Gasteiger partial charge is 0.368 e. The van der Waals surface area contributed by atoms with E-state index in [0.29, 0.717) is 0 Å². The van der Waals surface area contributed by atoms with Crippen LogP contribution in [0.2, 0.25) is 0 Å². The molecular weight excluding hydrogens is 146 g/mol. The summed E-state index contributed by atoms with van der Waals surface area (Å²) in [4.78, 5) is 21.3. The number of carbonyl (C=O) groups is 1. The minimum atomic E-state index is -0.533. The summed E-state index contributed by atoms with van der Waals surface area (Å²) in [5.74, 6) is -0.533. The van der Waals surface area contributed by atoms with Crippen LogP contribution < -0.4 is 11.3 Å². The fourth-order valence-corrected chi connectivity index (χ4v) is 0.837. The normalized spacial score (nSPS) is 9.91. The molecule has 3 N–H and O–H groups in total. The lowest BCUT2D eigenvalue weighted by molar-refractivity contribution is -0.118. The molecule has 0 saturated heterocycles. The standard InChI is InChI=1S/C6H9N3O2/c1-4-2-6(11)9(8-4)3-5(7)10/h2,8H,3H2,1H3,(H2,7,10). The van der Waals surface area contributed by atoms with Crippen LogP contribution in [0.4, 0.5) is 0 Å². The molecule has 1 amide bonds. The lowest BCUT2D eigenvalue weighted by Gasteiger charge is -1.94. The summed E-state index contributed by atoms with van der Waals surface area (Å²) in [6.07, 6.45) is 0. The average molecular weight is 155 g/mol. The molecular formula is C6H9N3O2. The predicted molar refractivity (Wildman–Crippen MR) is 39.0 cm³/mol. The Kier molecular flexibility index (Phi) is 1.80. The zero-order valence-corrected chi connectivity index (χ0v) is 6.13. The maximum absolute atomic E-state index is 10.9. The summed E-state index contributed by atoms with van der Waals surface area (Å²) in [7, 11) is 0. The van der Waals surface area contributed by atoms with Crippen molar-refractivity contribution in [3.05, 3.63) is 22.1 Å². The van der Waals surface area contributed by atoms with Crippen molar-refractivity contribution in [3.63, 3.8) is 0 Å². The monoisotopic (exact) mass is 155 g/mol. The number of hydrogen-bond acceptors (Lipinski definition) is 2. The van der Waals surface area contributed by atoms with Gasteiger partial charge in [0.15, 0.2) is 0 Å². The van der Waals surface area contributed by atoms with E-state index in [1.165, 1.54) is 6.07 Å². The molecule has 0 aliphatic rings. The van der Waals surface area contributed by atoms with Crippen LogP contribution in [-0.2, 0) is 11.3 Å². The maximum atomic E-state index is 10.9. The first-order chi connectivity index (χ1) is 5.09. The summed E-state index contributed by atoms with van der Waals surface area (Å²) in [6, 6.07) is 1.41. The number of nitrogens with zero attached hydrogens (tertiary/aromatic N) is 1. The summed E-state index contributed by atoms with van der Waals surface area (Å²) in [5.41, 5.74) is 5.37. The Morgan fingerprint density at radius 3 is 2.82 bits per heavy atom. The van der Waals surface area contributed by atoms with Crippen molar-refractivity contribution in [2.75, 3.05) is 0 Å². The van der Waals surface area contributed by atoms with E-state index >= 15 is 0 Å². The Balaban J connectivity index is 2.95. The minimum absolute atomic E-state index is 0.0906. The van der Waals surface area contributed by atoms with Crippen LogP contribution in [0.3, 0.4) is 0 Å². The molecule has 0 radical (unpaired) electrons. The molecule has 1 heterocycles. The Labute approximate surface area is 62.8 Å². The SMILES string of the molecule is Cc1cc(=O)n(CC(N)=O)[nH]1. The highest BCUT2D eigenvalue weighted by molar-refractivity contribution is 5.73. The van der Waals surface area contributed by atoms with Gasteiger partial charge in [0.25, 0.3) is 5.56 Å². The zero-order chi connectivity index (χ0) is 8.43. The van der Waals surface area contributed by atoms with Gasteiger partial charge in [-0.15, -0.1) is 0 Å². The summed E-state index contributed by atoms with van der Waals surface area (Å²) in [6.45, 7) is 1.64. The molecule has 0 aliphatic carbocycles. The van der Waals surface area contributed by atoms with Gasteiger partial charge >= 0.3 is 0 Å². The van der Waals surface area contributed by atoms with Gasteiger partial charge in [0.2, 0.25) is 5.91 Å². The number of aryl methyl sites for hydroxylation is 1. The quantitative estimate of drug-likeness (QED) is 0.572. The first kappa shape index (κ1) is 7.59. The summed E-state index contributed by atoms with van der Waals surface area (Å²) in [5, 5.41) is 2.68. The second kappa shape index (κ2) is 2.61. The third-order valence-corrected chi connectivity index (χ3v) is 1.23. The number of primary amides is 1. The van der Waals surface area contributed by atoms with Crippen molar-refractivity contribution >= 4 is 5.91 Å². The number of rotatable bonds is 2. The van der Waals surface area contributed by atoms with Crippen molar-refractivity contribution in [2.24, 2.45) is 5.73 Å². The number of H-pyrrole nitrogens is 1. The van der Waals surface area contributed by atoms with Crippen LogP contribution in [0, 0.1) is 6.92 Å². The van der Waals surface area contributed by atoms with Gasteiger partial charge in [0, 0.05) is 11.8 Å². The molecule has 60 valence electrons. The Hall–Kier alpha value is -1.52. The molecule has 5 heteroatoms. The van der Waals surface area contributed by atoms with Crippen LogP contribution in [0.15, 0.2) is 10.9 Å². The van der Waals surface area contributed by atoms with Crippen molar-refractivity contribution in [1.82, 2.24) is 9.78 Å². The smallest absolute Gasteiger partial charge is 0.267 e. The first-order valence-electron chi connectivity index (χ1n) is 3.14. The van der Waals surface area contributed by atoms with Gasteiger partial charge in [0.1, 0.15) is 6.54 Å². The first-order valence-corrected chi connectivity index (χ1v) is 3.14. The molecule has 11 heavy (non-hydrogen) atoms. The number of carbonyl (C=O) groups excluding carboxylic acids is 1. The van der Waals surface area contributed by atoms with Crippen molar-refractivity contribution in [2.45, 2.75) is 13.5 Å². The minimum Gasteiger partial charge on any atom is -0.368 e. The third kappa shape index (κ3) is 1.70. The number of aromatic nitrogens is 2. The van der Waals surface area contributed by atoms with Gasteiger partial charge in [-0.2, -0.15) is 0 Å². The summed E-state index contributed by atoms with van der Waals surface area (Å²) < 4.78 is 1.16. The van der Waals surface area contributed by atoms with Gasteiger partial charge in [-0.3, -0.25) is 14.7 Å². The number of amides is 1. The fraction of sp³-hybridized carbons (Fsp3) is 0.333.